The Morgan fingerprint density at radius 3 is 2.60 bits per heavy atom. The molecule has 0 spiro atoms. The quantitative estimate of drug-likeness (QED) is 0.262. The van der Waals surface area contributed by atoms with Gasteiger partial charge >= 0.3 is 5.97 Å². The molecule has 0 fully saturated rings. The summed E-state index contributed by atoms with van der Waals surface area (Å²) in [6.45, 7) is 6.58. The van der Waals surface area contributed by atoms with Gasteiger partial charge in [0, 0.05) is 0 Å². The predicted octanol–water partition coefficient (Wildman–Crippen LogP) is 4.50. The van der Waals surface area contributed by atoms with Crippen LogP contribution in [0.4, 0.5) is 0 Å². The number of ether oxygens (including phenoxy) is 5. The molecule has 1 atom stereocenters. The molecule has 1 unspecified atom stereocenters. The van der Waals surface area contributed by atoms with Gasteiger partial charge < -0.3 is 23.7 Å². The Labute approximate surface area is 251 Å². The zero-order valence-electron chi connectivity index (χ0n) is 24.0. The summed E-state index contributed by atoms with van der Waals surface area (Å²) in [5.41, 5.74) is 3.02. The van der Waals surface area contributed by atoms with Crippen LogP contribution in [-0.4, -0.2) is 30.5 Å². The lowest BCUT2D eigenvalue weighted by Crippen LogP contribution is -2.39. The van der Waals surface area contributed by atoms with Crippen molar-refractivity contribution in [3.05, 3.63) is 114 Å². The van der Waals surface area contributed by atoms with E-state index in [9.17, 15) is 9.59 Å². The Balaban J connectivity index is 1.41. The van der Waals surface area contributed by atoms with E-state index in [0.717, 1.165) is 11.1 Å². The Morgan fingerprint density at radius 2 is 1.81 bits per heavy atom. The third-order valence-electron chi connectivity index (χ3n) is 7.03. The van der Waals surface area contributed by atoms with Crippen molar-refractivity contribution < 1.29 is 28.5 Å². The van der Waals surface area contributed by atoms with Gasteiger partial charge in [0.2, 0.25) is 6.79 Å². The zero-order valence-corrected chi connectivity index (χ0v) is 24.8. The molecule has 9 nitrogen and oxygen atoms in total. The smallest absolute Gasteiger partial charge is 0.338 e. The first-order chi connectivity index (χ1) is 21.0. The average molecular weight is 599 g/mol. The second-order valence-electron chi connectivity index (χ2n) is 9.83. The minimum Gasteiger partial charge on any atom is -0.490 e. The summed E-state index contributed by atoms with van der Waals surface area (Å²) in [7, 11) is 0. The van der Waals surface area contributed by atoms with Crippen molar-refractivity contribution in [2.75, 3.05) is 20.0 Å². The van der Waals surface area contributed by atoms with Crippen LogP contribution in [0.3, 0.4) is 0 Å². The van der Waals surface area contributed by atoms with E-state index in [1.54, 1.807) is 36.6 Å². The number of thiazole rings is 1. The van der Waals surface area contributed by atoms with Crippen LogP contribution in [0.15, 0.2) is 87.8 Å². The number of benzene rings is 3. The molecule has 10 heteroatoms. The molecule has 0 radical (unpaired) electrons. The lowest BCUT2D eigenvalue weighted by Gasteiger charge is -2.24. The molecule has 3 heterocycles. The molecule has 0 aliphatic carbocycles. The Hall–Kier alpha value is -4.83. The maximum atomic E-state index is 14.0. The van der Waals surface area contributed by atoms with Gasteiger partial charge in [-0.25, -0.2) is 9.79 Å². The first-order valence-electron chi connectivity index (χ1n) is 14.0. The number of aromatic nitrogens is 1. The second-order valence-corrected chi connectivity index (χ2v) is 10.8. The molecule has 1 aromatic heterocycles. The molecule has 4 aromatic rings. The fourth-order valence-corrected chi connectivity index (χ4v) is 6.13. The number of carbonyl (C=O) groups excluding carboxylic acids is 1. The highest BCUT2D eigenvalue weighted by Crippen LogP contribution is 2.38. The molecule has 0 N–H and O–H groups in total. The fourth-order valence-electron chi connectivity index (χ4n) is 5.08. The maximum Gasteiger partial charge on any atom is 0.338 e. The number of nitrogens with zero attached hydrogens (tertiary/aromatic N) is 2. The van der Waals surface area contributed by atoms with Crippen LogP contribution in [0.5, 0.6) is 23.0 Å². The van der Waals surface area contributed by atoms with Gasteiger partial charge in [-0.15, -0.1) is 0 Å². The predicted molar refractivity (Wildman–Crippen MR) is 161 cm³/mol. The molecule has 3 aromatic carbocycles. The number of esters is 1. The van der Waals surface area contributed by atoms with Crippen molar-refractivity contribution in [3.8, 4) is 23.0 Å². The minimum absolute atomic E-state index is 0.112. The number of rotatable bonds is 9. The standard InChI is InChI=1S/C33H30N2O7S/c1-4-38-26-15-22(11-13-24(26)40-18-21-9-7-6-8-10-21)16-28-31(36)35-30(23-12-14-25-27(17-23)42-19-41-25)29(32(37)39-5-2)20(3)34-33(35)43-28/h6-17,30H,4-5,18-19H2,1-3H3. The van der Waals surface area contributed by atoms with E-state index in [4.69, 9.17) is 23.7 Å². The van der Waals surface area contributed by atoms with Crippen LogP contribution in [0.25, 0.3) is 6.08 Å². The van der Waals surface area contributed by atoms with E-state index < -0.39 is 12.0 Å². The van der Waals surface area contributed by atoms with Crippen molar-refractivity contribution in [1.29, 1.82) is 0 Å². The lowest BCUT2D eigenvalue weighted by atomic mass is 9.95. The summed E-state index contributed by atoms with van der Waals surface area (Å²) >= 11 is 1.26. The molecule has 0 bridgehead atoms. The van der Waals surface area contributed by atoms with E-state index in [-0.39, 0.29) is 19.0 Å². The van der Waals surface area contributed by atoms with Crippen LogP contribution in [-0.2, 0) is 16.1 Å². The molecule has 6 rings (SSSR count). The first kappa shape index (κ1) is 28.3. The Kier molecular flexibility index (Phi) is 8.02. The fraction of sp³-hybridized carbons (Fsp3) is 0.242. The van der Waals surface area contributed by atoms with Gasteiger partial charge in [0.25, 0.3) is 5.56 Å². The van der Waals surface area contributed by atoms with Crippen LogP contribution in [0, 0.1) is 0 Å². The van der Waals surface area contributed by atoms with E-state index in [1.807, 2.05) is 61.5 Å². The van der Waals surface area contributed by atoms with Gasteiger partial charge in [-0.05, 0) is 67.8 Å². The summed E-state index contributed by atoms with van der Waals surface area (Å²) in [5.74, 6) is 1.83. The SMILES string of the molecule is CCOC(=O)C1=C(C)N=c2sc(=Cc3ccc(OCc4ccccc4)c(OCC)c3)c(=O)n2C1c1ccc2c(c1)OCO2. The highest BCUT2D eigenvalue weighted by molar-refractivity contribution is 7.07. The van der Waals surface area contributed by atoms with Crippen molar-refractivity contribution in [2.45, 2.75) is 33.4 Å². The van der Waals surface area contributed by atoms with Gasteiger partial charge in [-0.1, -0.05) is 53.8 Å². The van der Waals surface area contributed by atoms with Gasteiger partial charge in [0.1, 0.15) is 6.61 Å². The number of allylic oxidation sites excluding steroid dienone is 1. The Morgan fingerprint density at radius 1 is 1.00 bits per heavy atom. The zero-order chi connectivity index (χ0) is 29.9. The molecule has 2 aliphatic rings. The first-order valence-corrected chi connectivity index (χ1v) is 14.8. The van der Waals surface area contributed by atoms with E-state index in [2.05, 4.69) is 4.99 Å². The highest BCUT2D eigenvalue weighted by atomic mass is 32.1. The topological polar surface area (TPSA) is 97.6 Å². The number of hydrogen-bond acceptors (Lipinski definition) is 9. The number of carbonyl (C=O) groups is 1. The molecule has 0 amide bonds. The van der Waals surface area contributed by atoms with Crippen molar-refractivity contribution in [2.24, 2.45) is 4.99 Å². The molecule has 43 heavy (non-hydrogen) atoms. The highest BCUT2D eigenvalue weighted by Gasteiger charge is 2.34. The molecular weight excluding hydrogens is 568 g/mol. The molecular formula is C33H30N2O7S. The van der Waals surface area contributed by atoms with Gasteiger partial charge in [0.05, 0.1) is 35.1 Å². The van der Waals surface area contributed by atoms with Crippen LogP contribution < -0.4 is 33.8 Å². The summed E-state index contributed by atoms with van der Waals surface area (Å²) in [5, 5.41) is 0. The summed E-state index contributed by atoms with van der Waals surface area (Å²) < 4.78 is 30.4. The van der Waals surface area contributed by atoms with Crippen LogP contribution in [0.2, 0.25) is 0 Å². The van der Waals surface area contributed by atoms with Gasteiger partial charge in [-0.3, -0.25) is 9.36 Å². The van der Waals surface area contributed by atoms with E-state index in [1.165, 1.54) is 11.3 Å². The number of hydrogen-bond donors (Lipinski definition) is 0. The van der Waals surface area contributed by atoms with E-state index in [0.29, 0.717) is 62.4 Å². The largest absolute Gasteiger partial charge is 0.490 e. The third kappa shape index (κ3) is 5.65. The van der Waals surface area contributed by atoms with Crippen molar-refractivity contribution in [1.82, 2.24) is 4.57 Å². The molecule has 0 saturated heterocycles. The molecule has 220 valence electrons. The monoisotopic (exact) mass is 598 g/mol. The molecule has 0 saturated carbocycles. The maximum absolute atomic E-state index is 14.0. The van der Waals surface area contributed by atoms with Crippen LogP contribution >= 0.6 is 11.3 Å². The summed E-state index contributed by atoms with van der Waals surface area (Å²) in [6, 6.07) is 20.1. The number of fused-ring (bicyclic) bond motifs is 2. The van der Waals surface area contributed by atoms with Gasteiger partial charge in [0.15, 0.2) is 27.8 Å². The second kappa shape index (κ2) is 12.2. The lowest BCUT2D eigenvalue weighted by molar-refractivity contribution is -0.139. The summed E-state index contributed by atoms with van der Waals surface area (Å²) in [4.78, 5) is 32.3. The van der Waals surface area contributed by atoms with Crippen molar-refractivity contribution >= 4 is 23.4 Å². The minimum atomic E-state index is -0.750. The normalized spacial score (nSPS) is 15.6. The van der Waals surface area contributed by atoms with Crippen molar-refractivity contribution in [3.63, 3.8) is 0 Å². The van der Waals surface area contributed by atoms with E-state index >= 15 is 0 Å². The molecule has 2 aliphatic heterocycles. The van der Waals surface area contributed by atoms with Gasteiger partial charge in [-0.2, -0.15) is 0 Å². The third-order valence-corrected chi connectivity index (χ3v) is 8.01. The Bertz CT molecular complexity index is 1890. The average Bonchev–Trinajstić information content (AvgIpc) is 3.60. The van der Waals surface area contributed by atoms with Crippen LogP contribution in [0.1, 0.15) is 43.5 Å². The summed E-state index contributed by atoms with van der Waals surface area (Å²) in [6.07, 6.45) is 1.80.